The first-order valence-corrected chi connectivity index (χ1v) is 11.5. The van der Waals surface area contributed by atoms with Gasteiger partial charge in [-0.3, -0.25) is 4.79 Å². The largest absolute Gasteiger partial charge is 0.494 e. The topological polar surface area (TPSA) is 69.6 Å². The highest BCUT2D eigenvalue weighted by atomic mass is 32.1. The van der Waals surface area contributed by atoms with Crippen molar-refractivity contribution >= 4 is 22.8 Å². The first-order chi connectivity index (χ1) is 15.2. The molecule has 160 valence electrons. The minimum atomic E-state index is -0.425. The van der Waals surface area contributed by atoms with E-state index in [0.29, 0.717) is 4.88 Å². The third-order valence-electron chi connectivity index (χ3n) is 5.56. The van der Waals surface area contributed by atoms with E-state index in [1.54, 1.807) is 23.9 Å². The first-order valence-electron chi connectivity index (χ1n) is 10.7. The van der Waals surface area contributed by atoms with Gasteiger partial charge in [-0.05, 0) is 28.6 Å². The molecule has 6 heteroatoms. The molecule has 1 aromatic carbocycles. The molecule has 5 nitrogen and oxygen atoms in total. The van der Waals surface area contributed by atoms with Crippen molar-refractivity contribution in [3.63, 3.8) is 0 Å². The van der Waals surface area contributed by atoms with Gasteiger partial charge in [-0.2, -0.15) is 5.10 Å². The number of nitrogens with two attached hydrogens (primary N) is 1. The minimum Gasteiger partial charge on any atom is -0.494 e. The fourth-order valence-electron chi connectivity index (χ4n) is 3.91. The maximum atomic E-state index is 11.4. The zero-order chi connectivity index (χ0) is 21.6. The van der Waals surface area contributed by atoms with Crippen molar-refractivity contribution < 1.29 is 9.53 Å². The van der Waals surface area contributed by atoms with E-state index in [1.165, 1.54) is 49.9 Å². The number of ether oxygens (including phenoxy) is 1. The lowest BCUT2D eigenvalue weighted by Gasteiger charge is -2.09. The number of methoxy groups -OCH3 is 1. The van der Waals surface area contributed by atoms with Gasteiger partial charge >= 0.3 is 0 Å². The van der Waals surface area contributed by atoms with E-state index in [4.69, 9.17) is 10.5 Å². The Morgan fingerprint density at radius 1 is 1.00 bits per heavy atom. The second-order valence-electron chi connectivity index (χ2n) is 7.70. The molecule has 1 fully saturated rings. The second kappa shape index (κ2) is 9.79. The lowest BCUT2D eigenvalue weighted by Crippen LogP contribution is -2.08. The Balaban J connectivity index is 0.000000334. The number of hydrogen-bond acceptors (Lipinski definition) is 4. The van der Waals surface area contributed by atoms with Gasteiger partial charge in [0.1, 0.15) is 11.3 Å². The van der Waals surface area contributed by atoms with Crippen LogP contribution in [0.5, 0.6) is 5.75 Å². The number of amides is 1. The van der Waals surface area contributed by atoms with Gasteiger partial charge in [0, 0.05) is 17.3 Å². The van der Waals surface area contributed by atoms with Gasteiger partial charge < -0.3 is 10.5 Å². The van der Waals surface area contributed by atoms with Gasteiger partial charge in [0.05, 0.1) is 18.2 Å². The highest BCUT2D eigenvalue weighted by Crippen LogP contribution is 2.36. The molecule has 4 aromatic rings. The van der Waals surface area contributed by atoms with Crippen LogP contribution >= 0.6 is 11.3 Å². The zero-order valence-electron chi connectivity index (χ0n) is 17.7. The molecule has 0 aliphatic heterocycles. The van der Waals surface area contributed by atoms with Gasteiger partial charge in [0.15, 0.2) is 0 Å². The van der Waals surface area contributed by atoms with E-state index < -0.39 is 5.91 Å². The number of rotatable bonds is 4. The number of primary amides is 1. The lowest BCUT2D eigenvalue weighted by molar-refractivity contribution is 0.100. The van der Waals surface area contributed by atoms with Crippen LogP contribution < -0.4 is 10.5 Å². The molecule has 0 spiro atoms. The van der Waals surface area contributed by atoms with Crippen LogP contribution in [0.4, 0.5) is 0 Å². The number of pyridine rings is 1. The van der Waals surface area contributed by atoms with Crippen molar-refractivity contribution in [3.05, 3.63) is 65.1 Å². The van der Waals surface area contributed by atoms with Crippen LogP contribution in [0.1, 0.15) is 48.2 Å². The maximum absolute atomic E-state index is 11.4. The number of fused-ring (bicyclic) bond motifs is 1. The van der Waals surface area contributed by atoms with Crippen molar-refractivity contribution in [2.75, 3.05) is 7.11 Å². The standard InChI is InChI=1S/C19H15N3O2S.C6H12/c1-24-16-7-13(12-5-3-2-4-6-12)10-22-18(16)15(9-21-22)14-8-17(19(20)23)25-11-14;1-2-4-6-5-3-1/h2-11H,1H3,(H2,20,23);1-6H2. The summed E-state index contributed by atoms with van der Waals surface area (Å²) in [5, 5.41) is 6.37. The molecular weight excluding hydrogens is 406 g/mol. The van der Waals surface area contributed by atoms with Crippen molar-refractivity contribution in [3.8, 4) is 28.0 Å². The predicted molar refractivity (Wildman–Crippen MR) is 127 cm³/mol. The summed E-state index contributed by atoms with van der Waals surface area (Å²) in [7, 11) is 1.64. The van der Waals surface area contributed by atoms with Crippen LogP contribution in [-0.4, -0.2) is 22.6 Å². The molecule has 0 atom stereocenters. The Kier molecular flexibility index (Phi) is 6.67. The highest BCUT2D eigenvalue weighted by molar-refractivity contribution is 7.12. The normalized spacial score (nSPS) is 13.5. The summed E-state index contributed by atoms with van der Waals surface area (Å²) in [4.78, 5) is 11.9. The van der Waals surface area contributed by atoms with E-state index in [1.807, 2.05) is 48.0 Å². The molecule has 2 N–H and O–H groups in total. The Hall–Kier alpha value is -3.12. The number of carbonyl (C=O) groups is 1. The highest BCUT2D eigenvalue weighted by Gasteiger charge is 2.16. The van der Waals surface area contributed by atoms with Crippen LogP contribution in [0.25, 0.3) is 27.8 Å². The van der Waals surface area contributed by atoms with E-state index in [9.17, 15) is 4.79 Å². The molecule has 3 aromatic heterocycles. The molecule has 0 saturated heterocycles. The summed E-state index contributed by atoms with van der Waals surface area (Å²) < 4.78 is 7.42. The molecule has 31 heavy (non-hydrogen) atoms. The van der Waals surface area contributed by atoms with E-state index in [-0.39, 0.29) is 0 Å². The summed E-state index contributed by atoms with van der Waals surface area (Å²) >= 11 is 1.33. The quantitative estimate of drug-likeness (QED) is 0.418. The monoisotopic (exact) mass is 433 g/mol. The van der Waals surface area contributed by atoms with E-state index in [0.717, 1.165) is 33.5 Å². The molecule has 1 aliphatic rings. The van der Waals surface area contributed by atoms with Crippen LogP contribution in [-0.2, 0) is 0 Å². The number of hydrogen-bond donors (Lipinski definition) is 1. The molecule has 0 bridgehead atoms. The molecular formula is C25H27N3O2S. The number of aromatic nitrogens is 2. The molecule has 1 amide bonds. The lowest BCUT2D eigenvalue weighted by atomic mass is 10.0. The third kappa shape index (κ3) is 4.80. The summed E-state index contributed by atoms with van der Waals surface area (Å²) in [6.07, 6.45) is 12.7. The summed E-state index contributed by atoms with van der Waals surface area (Å²) in [5.41, 5.74) is 10.1. The van der Waals surface area contributed by atoms with E-state index in [2.05, 4.69) is 5.10 Å². The van der Waals surface area contributed by atoms with Crippen molar-refractivity contribution in [1.82, 2.24) is 9.61 Å². The SMILES string of the molecule is C1CCCCC1.COc1cc(-c2ccccc2)cn2ncc(-c3csc(C(N)=O)c3)c12. The summed E-state index contributed by atoms with van der Waals surface area (Å²) in [6.45, 7) is 0. The maximum Gasteiger partial charge on any atom is 0.258 e. The third-order valence-corrected chi connectivity index (χ3v) is 6.50. The fraction of sp³-hybridized carbons (Fsp3) is 0.280. The number of nitrogens with zero attached hydrogens (tertiary/aromatic N) is 2. The average Bonchev–Trinajstić information content (AvgIpc) is 3.48. The fourth-order valence-corrected chi connectivity index (χ4v) is 4.67. The van der Waals surface area contributed by atoms with Crippen LogP contribution in [0.2, 0.25) is 0 Å². The number of thiophene rings is 1. The zero-order valence-corrected chi connectivity index (χ0v) is 18.5. The van der Waals surface area contributed by atoms with E-state index >= 15 is 0 Å². The Labute approximate surface area is 186 Å². The van der Waals surface area contributed by atoms with Crippen LogP contribution in [0.3, 0.4) is 0 Å². The van der Waals surface area contributed by atoms with Crippen molar-refractivity contribution in [1.29, 1.82) is 0 Å². The number of benzene rings is 1. The molecule has 0 unspecified atom stereocenters. The predicted octanol–water partition coefficient (Wildman–Crippen LogP) is 6.18. The Morgan fingerprint density at radius 3 is 2.26 bits per heavy atom. The molecule has 1 aliphatic carbocycles. The van der Waals surface area contributed by atoms with Gasteiger partial charge in [-0.25, -0.2) is 4.52 Å². The van der Waals surface area contributed by atoms with Crippen molar-refractivity contribution in [2.24, 2.45) is 5.73 Å². The minimum absolute atomic E-state index is 0.425. The Morgan fingerprint density at radius 2 is 1.68 bits per heavy atom. The van der Waals surface area contributed by atoms with Crippen molar-refractivity contribution in [2.45, 2.75) is 38.5 Å². The van der Waals surface area contributed by atoms with Gasteiger partial charge in [-0.1, -0.05) is 68.9 Å². The van der Waals surface area contributed by atoms with Gasteiger partial charge in [0.2, 0.25) is 0 Å². The van der Waals surface area contributed by atoms with Gasteiger partial charge in [-0.15, -0.1) is 11.3 Å². The van der Waals surface area contributed by atoms with Gasteiger partial charge in [0.25, 0.3) is 5.91 Å². The number of carbonyl (C=O) groups excluding carboxylic acids is 1. The van der Waals surface area contributed by atoms with Crippen LogP contribution in [0, 0.1) is 0 Å². The molecule has 1 saturated carbocycles. The Bertz CT molecular complexity index is 1150. The smallest absolute Gasteiger partial charge is 0.258 e. The molecule has 5 rings (SSSR count). The second-order valence-corrected chi connectivity index (χ2v) is 8.61. The first kappa shape index (κ1) is 21.1. The average molecular weight is 434 g/mol. The summed E-state index contributed by atoms with van der Waals surface area (Å²) in [5.74, 6) is 0.298. The molecule has 3 heterocycles. The summed E-state index contributed by atoms with van der Waals surface area (Å²) in [6, 6.07) is 13.9. The molecule has 0 radical (unpaired) electrons. The van der Waals surface area contributed by atoms with Crippen LogP contribution in [0.15, 0.2) is 60.2 Å².